The number of carbonyl (C=O) groups is 2. The first-order valence-electron chi connectivity index (χ1n) is 15.7. The highest BCUT2D eigenvalue weighted by atomic mass is 16.6. The van der Waals surface area contributed by atoms with Crippen molar-refractivity contribution in [2.45, 2.75) is 96.8 Å². The van der Waals surface area contributed by atoms with Crippen LogP contribution in [0.25, 0.3) is 0 Å². The van der Waals surface area contributed by atoms with Crippen LogP contribution >= 0.6 is 0 Å². The molecule has 240 valence electrons. The molecule has 1 N–H and O–H groups in total. The molecule has 5 rings (SSSR count). The maximum Gasteiger partial charge on any atom is 0.416 e. The highest BCUT2D eigenvalue weighted by Crippen LogP contribution is 2.54. The molecule has 2 aromatic rings. The Bertz CT molecular complexity index is 1430. The zero-order valence-electron chi connectivity index (χ0n) is 27.9. The van der Waals surface area contributed by atoms with E-state index >= 15 is 0 Å². The maximum absolute atomic E-state index is 12.9. The van der Waals surface area contributed by atoms with Gasteiger partial charge in [-0.2, -0.15) is 0 Å². The van der Waals surface area contributed by atoms with Crippen molar-refractivity contribution >= 4 is 23.6 Å². The molecular weight excluding hydrogens is 558 g/mol. The molecule has 1 saturated heterocycles. The zero-order valence-corrected chi connectivity index (χ0v) is 27.9. The van der Waals surface area contributed by atoms with E-state index in [2.05, 4.69) is 45.6 Å². The third-order valence-electron chi connectivity index (χ3n) is 9.12. The summed E-state index contributed by atoms with van der Waals surface area (Å²) in [6.45, 7) is 20.5. The van der Waals surface area contributed by atoms with Crippen LogP contribution in [-0.2, 0) is 26.8 Å². The van der Waals surface area contributed by atoms with Gasteiger partial charge in [-0.1, -0.05) is 46.8 Å². The first-order chi connectivity index (χ1) is 20.5. The minimum Gasteiger partial charge on any atom is -0.491 e. The lowest BCUT2D eigenvalue weighted by Crippen LogP contribution is -2.49. The molecule has 0 aromatic heterocycles. The predicted octanol–water partition coefficient (Wildman–Crippen LogP) is 7.05. The van der Waals surface area contributed by atoms with Crippen LogP contribution in [0.4, 0.5) is 21.0 Å². The van der Waals surface area contributed by atoms with Crippen molar-refractivity contribution in [2.75, 3.05) is 44.8 Å². The van der Waals surface area contributed by atoms with Gasteiger partial charge in [0.2, 0.25) is 0 Å². The van der Waals surface area contributed by atoms with Gasteiger partial charge in [-0.15, -0.1) is 0 Å². The highest BCUT2D eigenvalue weighted by Gasteiger charge is 2.45. The van der Waals surface area contributed by atoms with Gasteiger partial charge in [0.05, 0.1) is 11.4 Å². The number of piperazine rings is 1. The van der Waals surface area contributed by atoms with E-state index in [0.29, 0.717) is 43.4 Å². The molecule has 2 amide bonds. The van der Waals surface area contributed by atoms with Crippen LogP contribution in [0.15, 0.2) is 30.3 Å². The van der Waals surface area contributed by atoms with Gasteiger partial charge in [0.25, 0.3) is 0 Å². The Labute approximate surface area is 262 Å². The third kappa shape index (κ3) is 6.26. The SMILES string of the molecule is COC1(COc2ccc3c(c2)N(C(=O)O)c2ccc(CN4CCN(C(=O)OC(C)(C)C)CC4)c(C(C)(C)C)c2C3(C)C)CC1. The fraction of sp³-hybridized carbons (Fsp3) is 0.600. The first kappa shape index (κ1) is 32.1. The average Bonchev–Trinajstić information content (AvgIpc) is 3.71. The van der Waals surface area contributed by atoms with Crippen LogP contribution in [0.2, 0.25) is 0 Å². The lowest BCUT2D eigenvalue weighted by Gasteiger charge is -2.44. The zero-order chi connectivity index (χ0) is 32.2. The molecule has 2 heterocycles. The number of nitrogens with zero attached hydrogens (tertiary/aromatic N) is 3. The Balaban J connectivity index is 1.47. The van der Waals surface area contributed by atoms with E-state index in [1.165, 1.54) is 16.0 Å². The molecule has 9 heteroatoms. The van der Waals surface area contributed by atoms with E-state index in [9.17, 15) is 14.7 Å². The fourth-order valence-electron chi connectivity index (χ4n) is 6.65. The second kappa shape index (κ2) is 11.2. The number of hydrogen-bond donors (Lipinski definition) is 1. The predicted molar refractivity (Wildman–Crippen MR) is 171 cm³/mol. The van der Waals surface area contributed by atoms with Crippen molar-refractivity contribution in [2.24, 2.45) is 0 Å². The van der Waals surface area contributed by atoms with Crippen LogP contribution in [0.5, 0.6) is 5.75 Å². The highest BCUT2D eigenvalue weighted by molar-refractivity contribution is 6.00. The number of methoxy groups -OCH3 is 1. The summed E-state index contributed by atoms with van der Waals surface area (Å²) < 4.78 is 17.3. The fourth-order valence-corrected chi connectivity index (χ4v) is 6.65. The van der Waals surface area contributed by atoms with Crippen molar-refractivity contribution in [3.63, 3.8) is 0 Å². The number of carbonyl (C=O) groups excluding carboxylic acids is 1. The number of fused-ring (bicyclic) bond motifs is 2. The minimum atomic E-state index is -1.03. The molecule has 0 bridgehead atoms. The van der Waals surface area contributed by atoms with Gasteiger partial charge in [0.1, 0.15) is 23.6 Å². The van der Waals surface area contributed by atoms with Gasteiger partial charge in [-0.25, -0.2) is 14.5 Å². The second-order valence-electron chi connectivity index (χ2n) is 15.1. The largest absolute Gasteiger partial charge is 0.491 e. The molecule has 0 radical (unpaired) electrons. The van der Waals surface area contributed by atoms with E-state index in [1.807, 2.05) is 45.0 Å². The van der Waals surface area contributed by atoms with Crippen LogP contribution in [0, 0.1) is 0 Å². The van der Waals surface area contributed by atoms with Gasteiger partial charge in [0.15, 0.2) is 0 Å². The number of amides is 2. The Morgan fingerprint density at radius 2 is 1.59 bits per heavy atom. The smallest absolute Gasteiger partial charge is 0.416 e. The Hall–Kier alpha value is -3.30. The summed E-state index contributed by atoms with van der Waals surface area (Å²) in [6, 6.07) is 9.88. The van der Waals surface area contributed by atoms with Crippen molar-refractivity contribution < 1.29 is 28.9 Å². The number of benzene rings is 2. The van der Waals surface area contributed by atoms with Crippen molar-refractivity contribution in [1.29, 1.82) is 0 Å². The minimum absolute atomic E-state index is 0.228. The Morgan fingerprint density at radius 3 is 2.14 bits per heavy atom. The van der Waals surface area contributed by atoms with Crippen LogP contribution in [-0.4, -0.2) is 78.2 Å². The van der Waals surface area contributed by atoms with E-state index in [-0.39, 0.29) is 17.1 Å². The molecule has 44 heavy (non-hydrogen) atoms. The molecule has 0 unspecified atom stereocenters. The first-order valence-corrected chi connectivity index (χ1v) is 15.7. The molecule has 3 aliphatic rings. The van der Waals surface area contributed by atoms with Gasteiger partial charge < -0.3 is 24.2 Å². The lowest BCUT2D eigenvalue weighted by molar-refractivity contribution is 0.0138. The second-order valence-corrected chi connectivity index (χ2v) is 15.1. The average molecular weight is 608 g/mol. The number of ether oxygens (including phenoxy) is 3. The van der Waals surface area contributed by atoms with Gasteiger partial charge in [-0.05, 0) is 73.4 Å². The third-order valence-corrected chi connectivity index (χ3v) is 9.12. The number of anilines is 2. The summed E-state index contributed by atoms with van der Waals surface area (Å²) in [5.74, 6) is 0.635. The van der Waals surface area contributed by atoms with Crippen molar-refractivity contribution in [3.8, 4) is 5.75 Å². The topological polar surface area (TPSA) is 91.8 Å². The van der Waals surface area contributed by atoms with E-state index in [4.69, 9.17) is 14.2 Å². The monoisotopic (exact) mass is 607 g/mol. The van der Waals surface area contributed by atoms with E-state index in [1.54, 1.807) is 12.0 Å². The number of carboxylic acid groups (broad SMARTS) is 1. The quantitative estimate of drug-likeness (QED) is 0.376. The molecule has 1 aliphatic carbocycles. The molecule has 0 atom stereocenters. The Kier molecular flexibility index (Phi) is 8.21. The molecule has 2 fully saturated rings. The molecule has 2 aliphatic heterocycles. The number of hydrogen-bond acceptors (Lipinski definition) is 6. The maximum atomic E-state index is 12.9. The molecule has 2 aromatic carbocycles. The summed E-state index contributed by atoms with van der Waals surface area (Å²) in [5, 5.41) is 10.6. The van der Waals surface area contributed by atoms with E-state index < -0.39 is 17.1 Å². The standard InChI is InChI=1S/C35H49N3O6/c1-32(2,3)28-23(21-36-16-18-37(19-17-36)31(41)44-33(4,5)6)10-13-26-29(28)34(7,8)25-12-11-24(20-27(25)38(26)30(39)40)43-22-35(42-9)14-15-35/h10-13,20H,14-19,21-22H2,1-9H3,(H,39,40). The van der Waals surface area contributed by atoms with Crippen LogP contribution in [0.1, 0.15) is 90.5 Å². The normalized spacial score (nSPS) is 19.2. The van der Waals surface area contributed by atoms with Gasteiger partial charge in [-0.3, -0.25) is 4.90 Å². The Morgan fingerprint density at radius 1 is 0.932 bits per heavy atom. The summed E-state index contributed by atoms with van der Waals surface area (Å²) in [6.07, 6.45) is 0.636. The van der Waals surface area contributed by atoms with Crippen molar-refractivity contribution in [1.82, 2.24) is 9.80 Å². The molecule has 0 spiro atoms. The molecular formula is C35H49N3O6. The lowest BCUT2D eigenvalue weighted by atomic mass is 9.66. The van der Waals surface area contributed by atoms with Crippen LogP contribution < -0.4 is 9.64 Å². The molecule has 9 nitrogen and oxygen atoms in total. The summed E-state index contributed by atoms with van der Waals surface area (Å²) in [7, 11) is 1.71. The van der Waals surface area contributed by atoms with E-state index in [0.717, 1.165) is 37.1 Å². The summed E-state index contributed by atoms with van der Waals surface area (Å²) >= 11 is 0. The van der Waals surface area contributed by atoms with Crippen molar-refractivity contribution in [3.05, 3.63) is 52.6 Å². The van der Waals surface area contributed by atoms with Crippen LogP contribution in [0.3, 0.4) is 0 Å². The van der Waals surface area contributed by atoms with Gasteiger partial charge >= 0.3 is 12.2 Å². The summed E-state index contributed by atoms with van der Waals surface area (Å²) in [5.41, 5.74) is 4.18. The number of rotatable bonds is 6. The summed E-state index contributed by atoms with van der Waals surface area (Å²) in [4.78, 5) is 31.1. The van der Waals surface area contributed by atoms with Gasteiger partial charge in [0, 0.05) is 51.3 Å². The molecule has 1 saturated carbocycles.